The van der Waals surface area contributed by atoms with Gasteiger partial charge in [0.2, 0.25) is 5.91 Å². The fourth-order valence-corrected chi connectivity index (χ4v) is 0.902. The summed E-state index contributed by atoms with van der Waals surface area (Å²) in [6, 6.07) is 1.75. The molecular formula is C8H8N4O3. The van der Waals surface area contributed by atoms with Crippen molar-refractivity contribution < 1.29 is 14.7 Å². The molecule has 0 atom stereocenters. The average molecular weight is 208 g/mol. The van der Waals surface area contributed by atoms with Crippen LogP contribution in [0.5, 0.6) is 0 Å². The van der Waals surface area contributed by atoms with Crippen LogP contribution >= 0.6 is 0 Å². The van der Waals surface area contributed by atoms with Crippen LogP contribution in [0, 0.1) is 11.3 Å². The van der Waals surface area contributed by atoms with E-state index in [1.54, 1.807) is 6.07 Å². The van der Waals surface area contributed by atoms with Crippen molar-refractivity contribution in [3.63, 3.8) is 0 Å². The minimum Gasteiger partial charge on any atom is -0.478 e. The van der Waals surface area contributed by atoms with E-state index in [-0.39, 0.29) is 18.7 Å². The van der Waals surface area contributed by atoms with Gasteiger partial charge in [0.1, 0.15) is 13.1 Å². The van der Waals surface area contributed by atoms with E-state index < -0.39 is 11.9 Å². The van der Waals surface area contributed by atoms with Crippen molar-refractivity contribution in [3.05, 3.63) is 18.0 Å². The van der Waals surface area contributed by atoms with Crippen molar-refractivity contribution in [2.24, 2.45) is 0 Å². The number of carbonyl (C=O) groups excluding carboxylic acids is 1. The lowest BCUT2D eigenvalue weighted by atomic mass is 10.4. The molecule has 0 fully saturated rings. The highest BCUT2D eigenvalue weighted by Gasteiger charge is 2.08. The van der Waals surface area contributed by atoms with Gasteiger partial charge in [-0.1, -0.05) is 0 Å². The number of hydrogen-bond acceptors (Lipinski definition) is 4. The van der Waals surface area contributed by atoms with Crippen molar-refractivity contribution in [1.82, 2.24) is 15.1 Å². The Labute approximate surface area is 84.9 Å². The molecule has 7 nitrogen and oxygen atoms in total. The Morgan fingerprint density at radius 2 is 2.40 bits per heavy atom. The summed E-state index contributed by atoms with van der Waals surface area (Å²) in [5.74, 6) is -1.49. The molecule has 7 heteroatoms. The first-order valence-corrected chi connectivity index (χ1v) is 4.03. The van der Waals surface area contributed by atoms with Gasteiger partial charge in [0.25, 0.3) is 0 Å². The summed E-state index contributed by atoms with van der Waals surface area (Å²) < 4.78 is 1.19. The Morgan fingerprint density at radius 3 is 2.93 bits per heavy atom. The number of carboxylic acids is 1. The van der Waals surface area contributed by atoms with Gasteiger partial charge in [-0.3, -0.25) is 9.48 Å². The second-order valence-electron chi connectivity index (χ2n) is 2.67. The Kier molecular flexibility index (Phi) is 3.40. The van der Waals surface area contributed by atoms with E-state index in [4.69, 9.17) is 10.4 Å². The van der Waals surface area contributed by atoms with Crippen LogP contribution in [0.2, 0.25) is 0 Å². The van der Waals surface area contributed by atoms with Gasteiger partial charge < -0.3 is 10.4 Å². The number of aromatic nitrogens is 2. The van der Waals surface area contributed by atoms with Crippen LogP contribution in [-0.2, 0) is 11.3 Å². The molecule has 1 amide bonds. The van der Waals surface area contributed by atoms with Gasteiger partial charge in [0, 0.05) is 6.20 Å². The highest BCUT2D eigenvalue weighted by atomic mass is 16.4. The van der Waals surface area contributed by atoms with Gasteiger partial charge in [-0.05, 0) is 0 Å². The topological polar surface area (TPSA) is 108 Å². The van der Waals surface area contributed by atoms with E-state index in [2.05, 4.69) is 10.4 Å². The molecule has 2 N–H and O–H groups in total. The smallest absolute Gasteiger partial charge is 0.338 e. The molecule has 0 radical (unpaired) electrons. The molecular weight excluding hydrogens is 200 g/mol. The molecule has 0 spiro atoms. The van der Waals surface area contributed by atoms with E-state index in [9.17, 15) is 9.59 Å². The molecule has 1 rings (SSSR count). The number of rotatable bonds is 4. The zero-order chi connectivity index (χ0) is 11.3. The SMILES string of the molecule is N#CCNC(=O)Cn1cc(C(=O)O)cn1. The second kappa shape index (κ2) is 4.76. The predicted molar refractivity (Wildman–Crippen MR) is 47.8 cm³/mol. The first kappa shape index (κ1) is 10.7. The summed E-state index contributed by atoms with van der Waals surface area (Å²) in [4.78, 5) is 21.6. The normalized spacial score (nSPS) is 9.27. The van der Waals surface area contributed by atoms with E-state index in [1.165, 1.54) is 10.9 Å². The molecule has 0 bridgehead atoms. The maximum Gasteiger partial charge on any atom is 0.338 e. The minimum absolute atomic E-state index is 0.0167. The van der Waals surface area contributed by atoms with Crippen molar-refractivity contribution in [3.8, 4) is 6.07 Å². The summed E-state index contributed by atoms with van der Waals surface area (Å²) in [6.07, 6.45) is 2.40. The van der Waals surface area contributed by atoms with Gasteiger partial charge in [-0.2, -0.15) is 10.4 Å². The Balaban J connectivity index is 2.54. The largest absolute Gasteiger partial charge is 0.478 e. The number of carbonyl (C=O) groups is 2. The lowest BCUT2D eigenvalue weighted by molar-refractivity contribution is -0.121. The summed E-state index contributed by atoms with van der Waals surface area (Å²) in [5.41, 5.74) is 0.0167. The second-order valence-corrected chi connectivity index (χ2v) is 2.67. The summed E-state index contributed by atoms with van der Waals surface area (Å²) in [6.45, 7) is -0.180. The number of carboxylic acid groups (broad SMARTS) is 1. The molecule has 1 aromatic heterocycles. The average Bonchev–Trinajstić information content (AvgIpc) is 2.63. The van der Waals surface area contributed by atoms with E-state index in [0.717, 1.165) is 6.20 Å². The molecule has 1 heterocycles. The van der Waals surface area contributed by atoms with Gasteiger partial charge in [-0.25, -0.2) is 4.79 Å². The maximum absolute atomic E-state index is 11.1. The number of aromatic carboxylic acids is 1. The molecule has 15 heavy (non-hydrogen) atoms. The number of nitrogens with one attached hydrogen (secondary N) is 1. The van der Waals surface area contributed by atoms with Gasteiger partial charge in [0.15, 0.2) is 0 Å². The molecule has 0 saturated carbocycles. The molecule has 0 aliphatic heterocycles. The van der Waals surface area contributed by atoms with E-state index in [0.29, 0.717) is 0 Å². The van der Waals surface area contributed by atoms with Crippen molar-refractivity contribution >= 4 is 11.9 Å². The molecule has 0 aliphatic carbocycles. The van der Waals surface area contributed by atoms with Crippen LogP contribution < -0.4 is 5.32 Å². The Hall–Kier alpha value is -2.36. The van der Waals surface area contributed by atoms with Gasteiger partial charge in [-0.15, -0.1) is 0 Å². The standard InChI is InChI=1S/C8H8N4O3/c9-1-2-10-7(13)5-12-4-6(3-11-12)8(14)15/h3-4H,2,5H2,(H,10,13)(H,14,15). The van der Waals surface area contributed by atoms with Crippen molar-refractivity contribution in [1.29, 1.82) is 5.26 Å². The Morgan fingerprint density at radius 1 is 1.67 bits per heavy atom. The highest BCUT2D eigenvalue weighted by Crippen LogP contribution is 1.96. The zero-order valence-electron chi connectivity index (χ0n) is 7.67. The van der Waals surface area contributed by atoms with Crippen LogP contribution in [0.1, 0.15) is 10.4 Å². The Bertz CT molecular complexity index is 418. The third-order valence-corrected chi connectivity index (χ3v) is 1.55. The quantitative estimate of drug-likeness (QED) is 0.631. The maximum atomic E-state index is 11.1. The van der Waals surface area contributed by atoms with E-state index >= 15 is 0 Å². The highest BCUT2D eigenvalue weighted by molar-refractivity contribution is 5.87. The van der Waals surface area contributed by atoms with Crippen LogP contribution in [-0.4, -0.2) is 33.3 Å². The molecule has 1 aromatic rings. The number of nitriles is 1. The first-order valence-electron chi connectivity index (χ1n) is 4.03. The lowest BCUT2D eigenvalue weighted by Gasteiger charge is -1.99. The lowest BCUT2D eigenvalue weighted by Crippen LogP contribution is -2.27. The molecule has 0 unspecified atom stereocenters. The van der Waals surface area contributed by atoms with Crippen molar-refractivity contribution in [2.75, 3.05) is 6.54 Å². The van der Waals surface area contributed by atoms with E-state index in [1.807, 2.05) is 0 Å². The molecule has 0 aliphatic rings. The summed E-state index contributed by atoms with van der Waals surface area (Å²) in [7, 11) is 0. The zero-order valence-corrected chi connectivity index (χ0v) is 7.67. The van der Waals surface area contributed by atoms with Crippen molar-refractivity contribution in [2.45, 2.75) is 6.54 Å². The number of nitrogens with zero attached hydrogens (tertiary/aromatic N) is 3. The van der Waals surface area contributed by atoms with Crippen LogP contribution in [0.15, 0.2) is 12.4 Å². The first-order chi connectivity index (χ1) is 7.13. The predicted octanol–water partition coefficient (Wildman–Crippen LogP) is -0.779. The number of hydrogen-bond donors (Lipinski definition) is 2. The minimum atomic E-state index is -1.10. The summed E-state index contributed by atoms with van der Waals surface area (Å²) in [5, 5.41) is 22.8. The van der Waals surface area contributed by atoms with Crippen LogP contribution in [0.3, 0.4) is 0 Å². The fourth-order valence-electron chi connectivity index (χ4n) is 0.902. The van der Waals surface area contributed by atoms with Crippen LogP contribution in [0.4, 0.5) is 0 Å². The van der Waals surface area contributed by atoms with Gasteiger partial charge >= 0.3 is 5.97 Å². The fraction of sp³-hybridized carbons (Fsp3) is 0.250. The molecule has 0 aromatic carbocycles. The summed E-state index contributed by atoms with van der Waals surface area (Å²) >= 11 is 0. The molecule has 78 valence electrons. The van der Waals surface area contributed by atoms with Crippen LogP contribution in [0.25, 0.3) is 0 Å². The third kappa shape index (κ3) is 3.11. The number of amides is 1. The van der Waals surface area contributed by atoms with Gasteiger partial charge in [0.05, 0.1) is 17.8 Å². The molecule has 0 saturated heterocycles. The third-order valence-electron chi connectivity index (χ3n) is 1.55. The monoisotopic (exact) mass is 208 g/mol.